The maximum absolute atomic E-state index is 11.5. The minimum Gasteiger partial charge on any atom is -0.402 e. The van der Waals surface area contributed by atoms with Crippen LogP contribution in [0, 0.1) is 0 Å². The number of allylic oxidation sites excluding steroid dienone is 4. The van der Waals surface area contributed by atoms with Gasteiger partial charge in [0.15, 0.2) is 6.29 Å². The molecule has 1 aliphatic heterocycles. The molecule has 1 rings (SSSR count). The Balaban J connectivity index is 2.65. The van der Waals surface area contributed by atoms with Crippen molar-refractivity contribution >= 4 is 17.9 Å². The average Bonchev–Trinajstić information content (AvgIpc) is 2.57. The van der Waals surface area contributed by atoms with Gasteiger partial charge in [0.1, 0.15) is 11.5 Å². The molecule has 2 unspecified atom stereocenters. The van der Waals surface area contributed by atoms with Crippen LogP contribution in [0.5, 0.6) is 0 Å². The molecule has 1 amide bonds. The van der Waals surface area contributed by atoms with Crippen LogP contribution in [0.1, 0.15) is 33.1 Å². The van der Waals surface area contributed by atoms with Gasteiger partial charge in [0.05, 0.1) is 12.1 Å². The van der Waals surface area contributed by atoms with Crippen molar-refractivity contribution < 1.29 is 9.59 Å². The summed E-state index contributed by atoms with van der Waals surface area (Å²) < 4.78 is 0. The third-order valence-corrected chi connectivity index (χ3v) is 3.36. The Morgan fingerprint density at radius 1 is 1.54 bits per heavy atom. The molecule has 0 aromatic heterocycles. The first kappa shape index (κ1) is 19.6. The van der Waals surface area contributed by atoms with E-state index in [4.69, 9.17) is 11.5 Å². The molecule has 0 radical (unpaired) electrons. The summed E-state index contributed by atoms with van der Waals surface area (Å²) in [4.78, 5) is 27.0. The first-order valence-electron chi connectivity index (χ1n) is 8.14. The van der Waals surface area contributed by atoms with Crippen LogP contribution in [0.2, 0.25) is 0 Å². The van der Waals surface area contributed by atoms with Crippen LogP contribution in [0.15, 0.2) is 40.8 Å². The lowest BCUT2D eigenvalue weighted by atomic mass is 10.2. The second kappa shape index (κ2) is 10.4. The molecule has 0 saturated carbocycles. The van der Waals surface area contributed by atoms with E-state index in [1.807, 2.05) is 12.2 Å². The average molecular weight is 333 g/mol. The van der Waals surface area contributed by atoms with Gasteiger partial charge < -0.3 is 22.1 Å². The molecule has 132 valence electrons. The van der Waals surface area contributed by atoms with E-state index in [2.05, 4.69) is 22.5 Å². The molecular weight excluding hydrogens is 306 g/mol. The summed E-state index contributed by atoms with van der Waals surface area (Å²) in [5, 5.41) is 5.87. The van der Waals surface area contributed by atoms with Crippen molar-refractivity contribution in [3.63, 3.8) is 0 Å². The van der Waals surface area contributed by atoms with Gasteiger partial charge in [0, 0.05) is 12.2 Å². The first-order chi connectivity index (χ1) is 11.5. The maximum Gasteiger partial charge on any atom is 0.236 e. The number of nitrogens with one attached hydrogen (secondary N) is 2. The SMILES string of the molecule is CCCC/C(N)=C/C(C=O)=N/C1=CC=CC(CNC(=O)C(C)N)N1. The molecule has 1 aliphatic rings. The molecule has 0 spiro atoms. The molecule has 24 heavy (non-hydrogen) atoms. The predicted octanol–water partition coefficient (Wildman–Crippen LogP) is 0.492. The number of dihydropyridines is 1. The highest BCUT2D eigenvalue weighted by molar-refractivity contribution is 6.34. The standard InChI is InChI=1S/C17H27N5O2/c1-3-4-6-13(19)9-15(11-23)22-16-8-5-7-14(21-16)10-20-17(24)12(2)18/h5,7-9,11-12,14,21H,3-4,6,10,18-19H2,1-2H3,(H,20,24)/b13-9-,22-15-. The van der Waals surface area contributed by atoms with Gasteiger partial charge in [0.2, 0.25) is 5.91 Å². The first-order valence-corrected chi connectivity index (χ1v) is 8.14. The van der Waals surface area contributed by atoms with E-state index in [0.717, 1.165) is 19.3 Å². The highest BCUT2D eigenvalue weighted by Gasteiger charge is 2.13. The van der Waals surface area contributed by atoms with Gasteiger partial charge in [-0.25, -0.2) is 4.99 Å². The number of amides is 1. The van der Waals surface area contributed by atoms with Crippen LogP contribution < -0.4 is 22.1 Å². The fourth-order valence-corrected chi connectivity index (χ4v) is 2.00. The van der Waals surface area contributed by atoms with Crippen LogP contribution >= 0.6 is 0 Å². The lowest BCUT2D eigenvalue weighted by Crippen LogP contribution is -2.45. The Morgan fingerprint density at radius 2 is 2.29 bits per heavy atom. The minimum atomic E-state index is -0.552. The van der Waals surface area contributed by atoms with Crippen molar-refractivity contribution in [3.8, 4) is 0 Å². The molecular formula is C17H27N5O2. The van der Waals surface area contributed by atoms with E-state index in [9.17, 15) is 9.59 Å². The number of carbonyl (C=O) groups is 2. The monoisotopic (exact) mass is 333 g/mol. The van der Waals surface area contributed by atoms with Crippen LogP contribution in [-0.2, 0) is 9.59 Å². The van der Waals surface area contributed by atoms with Crippen molar-refractivity contribution in [1.29, 1.82) is 0 Å². The smallest absolute Gasteiger partial charge is 0.236 e. The maximum atomic E-state index is 11.5. The van der Waals surface area contributed by atoms with E-state index < -0.39 is 6.04 Å². The van der Waals surface area contributed by atoms with E-state index in [0.29, 0.717) is 24.3 Å². The van der Waals surface area contributed by atoms with Gasteiger partial charge in [0.25, 0.3) is 0 Å². The van der Waals surface area contributed by atoms with E-state index in [1.165, 1.54) is 0 Å². The zero-order valence-electron chi connectivity index (χ0n) is 14.3. The van der Waals surface area contributed by atoms with E-state index in [1.54, 1.807) is 19.1 Å². The molecule has 0 aromatic rings. The largest absolute Gasteiger partial charge is 0.402 e. The van der Waals surface area contributed by atoms with Gasteiger partial charge in [-0.3, -0.25) is 9.59 Å². The number of rotatable bonds is 9. The Kier molecular flexibility index (Phi) is 8.49. The van der Waals surface area contributed by atoms with Crippen molar-refractivity contribution in [1.82, 2.24) is 10.6 Å². The van der Waals surface area contributed by atoms with Crippen molar-refractivity contribution in [3.05, 3.63) is 35.8 Å². The molecule has 2 atom stereocenters. The fraction of sp³-hybridized carbons (Fsp3) is 0.471. The summed E-state index contributed by atoms with van der Waals surface area (Å²) in [6, 6.07) is -0.672. The molecule has 7 heteroatoms. The fourth-order valence-electron chi connectivity index (χ4n) is 2.00. The molecule has 6 N–H and O–H groups in total. The lowest BCUT2D eigenvalue weighted by molar-refractivity contribution is -0.122. The Labute approximate surface area is 143 Å². The predicted molar refractivity (Wildman–Crippen MR) is 96.1 cm³/mol. The summed E-state index contributed by atoms with van der Waals surface area (Å²) in [5.41, 5.74) is 12.3. The Bertz CT molecular complexity index is 561. The number of aliphatic imine (C=N–C) groups is 1. The van der Waals surface area contributed by atoms with Gasteiger partial charge in [-0.1, -0.05) is 25.5 Å². The van der Waals surface area contributed by atoms with Crippen LogP contribution in [-0.4, -0.2) is 36.5 Å². The molecule has 0 saturated heterocycles. The third kappa shape index (κ3) is 7.23. The molecule has 0 aromatic carbocycles. The summed E-state index contributed by atoms with van der Waals surface area (Å²) in [7, 11) is 0. The molecule has 0 aliphatic carbocycles. The normalized spacial score (nSPS) is 19.3. The van der Waals surface area contributed by atoms with Crippen molar-refractivity contribution in [2.45, 2.75) is 45.2 Å². The van der Waals surface area contributed by atoms with Crippen molar-refractivity contribution in [2.24, 2.45) is 16.5 Å². The van der Waals surface area contributed by atoms with Gasteiger partial charge >= 0.3 is 0 Å². The number of unbranched alkanes of at least 4 members (excludes halogenated alkanes) is 1. The zero-order chi connectivity index (χ0) is 17.9. The summed E-state index contributed by atoms with van der Waals surface area (Å²) in [5.74, 6) is 0.323. The second-order valence-corrected chi connectivity index (χ2v) is 5.70. The summed E-state index contributed by atoms with van der Waals surface area (Å²) in [6.45, 7) is 4.09. The number of aldehydes is 1. The molecule has 0 fully saturated rings. The highest BCUT2D eigenvalue weighted by atomic mass is 16.2. The van der Waals surface area contributed by atoms with E-state index in [-0.39, 0.29) is 17.7 Å². The number of hydrogen-bond acceptors (Lipinski definition) is 6. The second-order valence-electron chi connectivity index (χ2n) is 5.70. The molecule has 1 heterocycles. The zero-order valence-corrected chi connectivity index (χ0v) is 14.3. The molecule has 0 bridgehead atoms. The third-order valence-electron chi connectivity index (χ3n) is 3.36. The van der Waals surface area contributed by atoms with Gasteiger partial charge in [-0.15, -0.1) is 0 Å². The summed E-state index contributed by atoms with van der Waals surface area (Å²) >= 11 is 0. The van der Waals surface area contributed by atoms with E-state index >= 15 is 0 Å². The highest BCUT2D eigenvalue weighted by Crippen LogP contribution is 2.06. The Morgan fingerprint density at radius 3 is 2.92 bits per heavy atom. The molecule has 7 nitrogen and oxygen atoms in total. The lowest BCUT2D eigenvalue weighted by Gasteiger charge is -2.20. The van der Waals surface area contributed by atoms with Crippen molar-refractivity contribution in [2.75, 3.05) is 6.54 Å². The Hall–Kier alpha value is -2.41. The van der Waals surface area contributed by atoms with Crippen LogP contribution in [0.25, 0.3) is 0 Å². The topological polar surface area (TPSA) is 123 Å². The van der Waals surface area contributed by atoms with Gasteiger partial charge in [-0.05, 0) is 31.9 Å². The summed E-state index contributed by atoms with van der Waals surface area (Å²) in [6.07, 6.45) is 10.5. The minimum absolute atomic E-state index is 0.120. The number of nitrogens with two attached hydrogens (primary N) is 2. The number of nitrogens with zero attached hydrogens (tertiary/aromatic N) is 1. The van der Waals surface area contributed by atoms with Gasteiger partial charge in [-0.2, -0.15) is 0 Å². The van der Waals surface area contributed by atoms with Crippen LogP contribution in [0.4, 0.5) is 0 Å². The number of hydrogen-bond donors (Lipinski definition) is 4. The van der Waals surface area contributed by atoms with Crippen LogP contribution in [0.3, 0.4) is 0 Å². The number of carbonyl (C=O) groups excluding carboxylic acids is 2. The quantitative estimate of drug-likeness (QED) is 0.361.